The molecular formula is C24H28Cl2N2O4. The van der Waals surface area contributed by atoms with Crippen LogP contribution in [0.25, 0.3) is 0 Å². The van der Waals surface area contributed by atoms with E-state index in [1.54, 1.807) is 37.3 Å². The molecule has 3 rings (SSSR count). The summed E-state index contributed by atoms with van der Waals surface area (Å²) < 4.78 is 10.8. The van der Waals surface area contributed by atoms with E-state index in [0.29, 0.717) is 46.6 Å². The average molecular weight is 479 g/mol. The van der Waals surface area contributed by atoms with E-state index >= 15 is 0 Å². The van der Waals surface area contributed by atoms with Gasteiger partial charge in [-0.15, -0.1) is 0 Å². The molecule has 1 aliphatic heterocycles. The van der Waals surface area contributed by atoms with Crippen molar-refractivity contribution in [2.24, 2.45) is 0 Å². The Bertz CT molecular complexity index is 1010. The molecule has 0 fully saturated rings. The van der Waals surface area contributed by atoms with E-state index in [1.807, 2.05) is 30.9 Å². The van der Waals surface area contributed by atoms with Crippen LogP contribution in [-0.2, 0) is 11.2 Å². The van der Waals surface area contributed by atoms with Crippen molar-refractivity contribution in [3.63, 3.8) is 0 Å². The van der Waals surface area contributed by atoms with E-state index in [1.165, 1.54) is 0 Å². The summed E-state index contributed by atoms with van der Waals surface area (Å²) in [4.78, 5) is 29.7. The fraction of sp³-hybridized carbons (Fsp3) is 0.417. The number of fused-ring (bicyclic) bond motifs is 1. The molecule has 0 spiro atoms. The maximum absolute atomic E-state index is 13.3. The summed E-state index contributed by atoms with van der Waals surface area (Å²) in [6.45, 7) is 5.00. The van der Waals surface area contributed by atoms with Gasteiger partial charge in [-0.2, -0.15) is 0 Å². The number of halogens is 2. The van der Waals surface area contributed by atoms with Gasteiger partial charge in [0.15, 0.2) is 11.5 Å². The maximum Gasteiger partial charge on any atom is 0.254 e. The summed E-state index contributed by atoms with van der Waals surface area (Å²) in [5.41, 5.74) is 2.58. The largest absolute Gasteiger partial charge is 0.493 e. The first-order valence-corrected chi connectivity index (χ1v) is 11.3. The highest BCUT2D eigenvalue weighted by Gasteiger charge is 2.31. The molecule has 172 valence electrons. The minimum atomic E-state index is -0.241. The lowest BCUT2D eigenvalue weighted by Crippen LogP contribution is -2.46. The van der Waals surface area contributed by atoms with E-state index in [4.69, 9.17) is 32.7 Å². The molecule has 2 amide bonds. The van der Waals surface area contributed by atoms with Crippen molar-refractivity contribution in [3.05, 3.63) is 57.1 Å². The van der Waals surface area contributed by atoms with Gasteiger partial charge in [0.25, 0.3) is 5.91 Å². The summed E-state index contributed by atoms with van der Waals surface area (Å²) in [6, 6.07) is 8.53. The number of carbonyl (C=O) groups is 2. The fourth-order valence-corrected chi connectivity index (χ4v) is 4.37. The molecule has 1 unspecified atom stereocenters. The molecule has 32 heavy (non-hydrogen) atoms. The van der Waals surface area contributed by atoms with Crippen LogP contribution in [0, 0.1) is 0 Å². The predicted octanol–water partition coefficient (Wildman–Crippen LogP) is 5.01. The molecule has 0 radical (unpaired) electrons. The van der Waals surface area contributed by atoms with Crippen LogP contribution in [0.2, 0.25) is 10.0 Å². The topological polar surface area (TPSA) is 59.1 Å². The van der Waals surface area contributed by atoms with Crippen molar-refractivity contribution >= 4 is 35.0 Å². The SMILES string of the molecule is CCCN(CC(=O)N1CCc2cc(OC)c(OC)cc2C1C)C(=O)c1ccc(Cl)c(Cl)c1. The first-order chi connectivity index (χ1) is 15.3. The third-order valence-electron chi connectivity index (χ3n) is 5.78. The number of benzene rings is 2. The van der Waals surface area contributed by atoms with Crippen LogP contribution in [0.4, 0.5) is 0 Å². The van der Waals surface area contributed by atoms with Crippen molar-refractivity contribution in [1.82, 2.24) is 9.80 Å². The zero-order valence-corrected chi connectivity index (χ0v) is 20.3. The van der Waals surface area contributed by atoms with Gasteiger partial charge >= 0.3 is 0 Å². The van der Waals surface area contributed by atoms with Gasteiger partial charge in [0, 0.05) is 18.7 Å². The van der Waals surface area contributed by atoms with Crippen molar-refractivity contribution in [2.75, 3.05) is 33.9 Å². The maximum atomic E-state index is 13.3. The molecule has 1 heterocycles. The normalized spacial score (nSPS) is 15.2. The van der Waals surface area contributed by atoms with E-state index < -0.39 is 0 Å². The molecule has 1 atom stereocenters. The Hall–Kier alpha value is -2.44. The van der Waals surface area contributed by atoms with E-state index in [9.17, 15) is 9.59 Å². The fourth-order valence-electron chi connectivity index (χ4n) is 4.07. The standard InChI is InChI=1S/C24H28Cl2N2O4/c1-5-9-27(24(30)17-6-7-19(25)20(26)11-17)14-23(29)28-10-8-16-12-21(31-3)22(32-4)13-18(16)15(28)2/h6-7,11-13,15H,5,8-10,14H2,1-4H3. The number of hydrogen-bond donors (Lipinski definition) is 0. The number of methoxy groups -OCH3 is 2. The molecule has 0 aromatic heterocycles. The number of amides is 2. The molecule has 0 bridgehead atoms. The zero-order chi connectivity index (χ0) is 23.4. The van der Waals surface area contributed by atoms with Crippen LogP contribution in [0.3, 0.4) is 0 Å². The van der Waals surface area contributed by atoms with Crippen LogP contribution in [0.15, 0.2) is 30.3 Å². The van der Waals surface area contributed by atoms with Gasteiger partial charge in [-0.25, -0.2) is 0 Å². The molecule has 0 saturated carbocycles. The Labute approximate surface area is 199 Å². The lowest BCUT2D eigenvalue weighted by atomic mass is 9.92. The third kappa shape index (κ3) is 4.97. The van der Waals surface area contributed by atoms with E-state index in [2.05, 4.69) is 0 Å². The van der Waals surface area contributed by atoms with Gasteiger partial charge in [0.1, 0.15) is 6.54 Å². The number of hydrogen-bond acceptors (Lipinski definition) is 4. The van der Waals surface area contributed by atoms with E-state index in [-0.39, 0.29) is 24.4 Å². The number of rotatable bonds is 7. The highest BCUT2D eigenvalue weighted by atomic mass is 35.5. The minimum Gasteiger partial charge on any atom is -0.493 e. The van der Waals surface area contributed by atoms with Crippen molar-refractivity contribution < 1.29 is 19.1 Å². The summed E-state index contributed by atoms with van der Waals surface area (Å²) in [5.74, 6) is 0.976. The molecular weight excluding hydrogens is 451 g/mol. The van der Waals surface area contributed by atoms with Gasteiger partial charge in [0.05, 0.1) is 30.3 Å². The molecule has 2 aromatic carbocycles. The molecule has 1 aliphatic rings. The Kier molecular flexibility index (Phi) is 7.91. The smallest absolute Gasteiger partial charge is 0.254 e. The predicted molar refractivity (Wildman–Crippen MR) is 126 cm³/mol. The van der Waals surface area contributed by atoms with Crippen LogP contribution in [-0.4, -0.2) is 55.5 Å². The monoisotopic (exact) mass is 478 g/mol. The minimum absolute atomic E-state index is 0.000117. The van der Waals surface area contributed by atoms with Crippen LogP contribution in [0.1, 0.15) is 47.8 Å². The lowest BCUT2D eigenvalue weighted by molar-refractivity contribution is -0.134. The number of nitrogens with zero attached hydrogens (tertiary/aromatic N) is 2. The van der Waals surface area contributed by atoms with Crippen LogP contribution >= 0.6 is 23.2 Å². The van der Waals surface area contributed by atoms with Crippen molar-refractivity contribution in [3.8, 4) is 11.5 Å². The van der Waals surface area contributed by atoms with Crippen LogP contribution in [0.5, 0.6) is 11.5 Å². The number of carbonyl (C=O) groups excluding carboxylic acids is 2. The second-order valence-corrected chi connectivity index (χ2v) is 8.59. The van der Waals surface area contributed by atoms with Crippen molar-refractivity contribution in [1.29, 1.82) is 0 Å². The Morgan fingerprint density at radius 2 is 1.78 bits per heavy atom. The van der Waals surface area contributed by atoms with Crippen molar-refractivity contribution in [2.45, 2.75) is 32.7 Å². The summed E-state index contributed by atoms with van der Waals surface area (Å²) in [7, 11) is 3.21. The molecule has 0 aliphatic carbocycles. The second-order valence-electron chi connectivity index (χ2n) is 7.77. The molecule has 2 aromatic rings. The highest BCUT2D eigenvalue weighted by Crippen LogP contribution is 2.38. The molecule has 6 nitrogen and oxygen atoms in total. The molecule has 8 heteroatoms. The zero-order valence-electron chi connectivity index (χ0n) is 18.8. The average Bonchev–Trinajstić information content (AvgIpc) is 2.79. The van der Waals surface area contributed by atoms with Gasteiger partial charge < -0.3 is 19.3 Å². The van der Waals surface area contributed by atoms with Gasteiger partial charge in [-0.05, 0) is 61.2 Å². The van der Waals surface area contributed by atoms with Gasteiger partial charge in [-0.3, -0.25) is 9.59 Å². The number of ether oxygens (including phenoxy) is 2. The Morgan fingerprint density at radius 3 is 2.41 bits per heavy atom. The van der Waals surface area contributed by atoms with Gasteiger partial charge in [0.2, 0.25) is 5.91 Å². The van der Waals surface area contributed by atoms with E-state index in [0.717, 1.165) is 17.5 Å². The second kappa shape index (κ2) is 10.5. The highest BCUT2D eigenvalue weighted by molar-refractivity contribution is 6.42. The summed E-state index contributed by atoms with van der Waals surface area (Å²) >= 11 is 12.1. The summed E-state index contributed by atoms with van der Waals surface area (Å²) in [6.07, 6.45) is 1.44. The van der Waals surface area contributed by atoms with Gasteiger partial charge in [-0.1, -0.05) is 30.1 Å². The quantitative estimate of drug-likeness (QED) is 0.561. The third-order valence-corrected chi connectivity index (χ3v) is 6.52. The van der Waals surface area contributed by atoms with Crippen LogP contribution < -0.4 is 9.47 Å². The molecule has 0 N–H and O–H groups in total. The Morgan fingerprint density at radius 1 is 1.09 bits per heavy atom. The molecule has 0 saturated heterocycles. The summed E-state index contributed by atoms with van der Waals surface area (Å²) in [5, 5.41) is 0.695. The Balaban J connectivity index is 1.80. The first-order valence-electron chi connectivity index (χ1n) is 10.6. The first kappa shape index (κ1) is 24.2. The lowest BCUT2D eigenvalue weighted by Gasteiger charge is -2.37.